The van der Waals surface area contributed by atoms with Crippen LogP contribution in [0.4, 0.5) is 0 Å². The van der Waals surface area contributed by atoms with Gasteiger partial charge in [0, 0.05) is 13.2 Å². The van der Waals surface area contributed by atoms with E-state index >= 15 is 0 Å². The Labute approximate surface area is 74.6 Å². The molecule has 0 radical (unpaired) electrons. The fraction of sp³-hybridized carbons (Fsp3) is 1.00. The Kier molecular flexibility index (Phi) is 4.62. The van der Waals surface area contributed by atoms with Gasteiger partial charge in [-0.3, -0.25) is 0 Å². The molecule has 2 heteroatoms. The molecule has 72 valence electrons. The molecule has 0 aromatic rings. The van der Waals surface area contributed by atoms with Gasteiger partial charge in [0.1, 0.15) is 0 Å². The van der Waals surface area contributed by atoms with E-state index in [2.05, 4.69) is 0 Å². The highest BCUT2D eigenvalue weighted by molar-refractivity contribution is 4.75. The van der Waals surface area contributed by atoms with Crippen LogP contribution in [0.3, 0.4) is 0 Å². The van der Waals surface area contributed by atoms with Crippen LogP contribution in [0.15, 0.2) is 0 Å². The molecule has 1 fully saturated rings. The second-order valence-corrected chi connectivity index (χ2v) is 3.83. The Morgan fingerprint density at radius 1 is 1.00 bits per heavy atom. The Balaban J connectivity index is 2.29. The molecule has 0 aromatic carbocycles. The van der Waals surface area contributed by atoms with Crippen molar-refractivity contribution < 1.29 is 10.2 Å². The van der Waals surface area contributed by atoms with Gasteiger partial charge in [-0.05, 0) is 24.7 Å². The molecule has 2 nitrogen and oxygen atoms in total. The topological polar surface area (TPSA) is 40.5 Å². The van der Waals surface area contributed by atoms with E-state index < -0.39 is 0 Å². The standard InChI is InChI=1S/C10H20O2/c11-7-5-10(6-8-12)9-3-1-2-4-9/h9-12H,1-8H2. The molecule has 12 heavy (non-hydrogen) atoms. The van der Waals surface area contributed by atoms with E-state index in [9.17, 15) is 0 Å². The molecule has 0 bridgehead atoms. The minimum atomic E-state index is 0.279. The van der Waals surface area contributed by atoms with Gasteiger partial charge in [-0.15, -0.1) is 0 Å². The second kappa shape index (κ2) is 5.55. The summed E-state index contributed by atoms with van der Waals surface area (Å²) in [5.41, 5.74) is 0. The van der Waals surface area contributed by atoms with Crippen molar-refractivity contribution in [1.29, 1.82) is 0 Å². The largest absolute Gasteiger partial charge is 0.396 e. The summed E-state index contributed by atoms with van der Waals surface area (Å²) in [6, 6.07) is 0. The number of aliphatic hydroxyl groups excluding tert-OH is 2. The first-order chi connectivity index (χ1) is 5.88. The van der Waals surface area contributed by atoms with Crippen LogP contribution in [-0.2, 0) is 0 Å². The predicted molar refractivity (Wildman–Crippen MR) is 48.9 cm³/mol. The van der Waals surface area contributed by atoms with E-state index in [1.165, 1.54) is 25.7 Å². The van der Waals surface area contributed by atoms with Crippen molar-refractivity contribution in [2.45, 2.75) is 38.5 Å². The molecule has 0 atom stereocenters. The van der Waals surface area contributed by atoms with Crippen molar-refractivity contribution in [3.8, 4) is 0 Å². The van der Waals surface area contributed by atoms with Gasteiger partial charge in [-0.1, -0.05) is 25.7 Å². The van der Waals surface area contributed by atoms with E-state index in [0.717, 1.165) is 18.8 Å². The van der Waals surface area contributed by atoms with Crippen LogP contribution in [0.1, 0.15) is 38.5 Å². The highest BCUT2D eigenvalue weighted by Gasteiger charge is 2.23. The van der Waals surface area contributed by atoms with E-state index in [0.29, 0.717) is 5.92 Å². The summed E-state index contributed by atoms with van der Waals surface area (Å²) in [6.07, 6.45) is 7.07. The first-order valence-electron chi connectivity index (χ1n) is 5.10. The molecule has 1 saturated carbocycles. The minimum absolute atomic E-state index is 0.279. The Hall–Kier alpha value is -0.0800. The second-order valence-electron chi connectivity index (χ2n) is 3.83. The zero-order valence-corrected chi connectivity index (χ0v) is 7.71. The van der Waals surface area contributed by atoms with Gasteiger partial charge in [0.25, 0.3) is 0 Å². The third kappa shape index (κ3) is 2.76. The van der Waals surface area contributed by atoms with Crippen molar-refractivity contribution in [1.82, 2.24) is 0 Å². The summed E-state index contributed by atoms with van der Waals surface area (Å²) in [5.74, 6) is 1.35. The lowest BCUT2D eigenvalue weighted by molar-refractivity contribution is 0.177. The van der Waals surface area contributed by atoms with Crippen LogP contribution in [0.5, 0.6) is 0 Å². The zero-order chi connectivity index (χ0) is 8.81. The average molecular weight is 172 g/mol. The van der Waals surface area contributed by atoms with E-state index in [1.54, 1.807) is 0 Å². The van der Waals surface area contributed by atoms with E-state index in [4.69, 9.17) is 10.2 Å². The molecular formula is C10H20O2. The molecule has 2 N–H and O–H groups in total. The van der Waals surface area contributed by atoms with Crippen molar-refractivity contribution in [3.05, 3.63) is 0 Å². The maximum atomic E-state index is 8.84. The molecule has 0 aliphatic heterocycles. The van der Waals surface area contributed by atoms with Crippen LogP contribution < -0.4 is 0 Å². The number of hydrogen-bond donors (Lipinski definition) is 2. The van der Waals surface area contributed by atoms with E-state index in [1.807, 2.05) is 0 Å². The molecule has 0 amide bonds. The summed E-state index contributed by atoms with van der Waals surface area (Å²) in [6.45, 7) is 0.558. The van der Waals surface area contributed by atoms with Crippen LogP contribution in [-0.4, -0.2) is 23.4 Å². The molecule has 0 aromatic heterocycles. The van der Waals surface area contributed by atoms with Gasteiger partial charge in [0.05, 0.1) is 0 Å². The number of rotatable bonds is 5. The Morgan fingerprint density at radius 2 is 1.50 bits per heavy atom. The Bertz CT molecular complexity index is 102. The molecule has 0 spiro atoms. The number of hydrogen-bond acceptors (Lipinski definition) is 2. The fourth-order valence-electron chi connectivity index (χ4n) is 2.38. The lowest BCUT2D eigenvalue weighted by atomic mass is 9.86. The van der Waals surface area contributed by atoms with E-state index in [-0.39, 0.29) is 13.2 Å². The smallest absolute Gasteiger partial charge is 0.0433 e. The summed E-state index contributed by atoms with van der Waals surface area (Å²) in [7, 11) is 0. The van der Waals surface area contributed by atoms with Crippen LogP contribution in [0.2, 0.25) is 0 Å². The predicted octanol–water partition coefficient (Wildman–Crippen LogP) is 1.56. The summed E-state index contributed by atoms with van der Waals surface area (Å²) >= 11 is 0. The third-order valence-corrected chi connectivity index (χ3v) is 3.07. The normalized spacial score (nSPS) is 19.2. The fourth-order valence-corrected chi connectivity index (χ4v) is 2.38. The highest BCUT2D eigenvalue weighted by atomic mass is 16.3. The first-order valence-corrected chi connectivity index (χ1v) is 5.10. The van der Waals surface area contributed by atoms with Crippen molar-refractivity contribution in [2.75, 3.05) is 13.2 Å². The van der Waals surface area contributed by atoms with Crippen LogP contribution >= 0.6 is 0 Å². The minimum Gasteiger partial charge on any atom is -0.396 e. The maximum absolute atomic E-state index is 8.84. The molecule has 1 rings (SSSR count). The molecule has 0 heterocycles. The third-order valence-electron chi connectivity index (χ3n) is 3.07. The van der Waals surface area contributed by atoms with Crippen molar-refractivity contribution >= 4 is 0 Å². The molecule has 1 aliphatic carbocycles. The SMILES string of the molecule is OCCC(CCO)C1CCCC1. The van der Waals surface area contributed by atoms with Gasteiger partial charge in [0.2, 0.25) is 0 Å². The summed E-state index contributed by atoms with van der Waals surface area (Å²) in [4.78, 5) is 0. The van der Waals surface area contributed by atoms with Gasteiger partial charge < -0.3 is 10.2 Å². The van der Waals surface area contributed by atoms with Crippen molar-refractivity contribution in [3.63, 3.8) is 0 Å². The molecular weight excluding hydrogens is 152 g/mol. The van der Waals surface area contributed by atoms with Gasteiger partial charge in [-0.2, -0.15) is 0 Å². The number of aliphatic hydroxyl groups is 2. The summed E-state index contributed by atoms with van der Waals surface area (Å²) in [5, 5.41) is 17.7. The van der Waals surface area contributed by atoms with Crippen LogP contribution in [0.25, 0.3) is 0 Å². The quantitative estimate of drug-likeness (QED) is 0.660. The zero-order valence-electron chi connectivity index (χ0n) is 7.71. The lowest BCUT2D eigenvalue weighted by Gasteiger charge is -2.21. The van der Waals surface area contributed by atoms with Gasteiger partial charge >= 0.3 is 0 Å². The van der Waals surface area contributed by atoms with Gasteiger partial charge in [-0.25, -0.2) is 0 Å². The maximum Gasteiger partial charge on any atom is 0.0433 e. The van der Waals surface area contributed by atoms with Crippen molar-refractivity contribution in [2.24, 2.45) is 11.8 Å². The highest BCUT2D eigenvalue weighted by Crippen LogP contribution is 2.34. The van der Waals surface area contributed by atoms with Gasteiger partial charge in [0.15, 0.2) is 0 Å². The summed E-state index contributed by atoms with van der Waals surface area (Å²) < 4.78 is 0. The molecule has 0 unspecified atom stereocenters. The first kappa shape index (κ1) is 10.0. The average Bonchev–Trinajstić information content (AvgIpc) is 2.56. The monoisotopic (exact) mass is 172 g/mol. The molecule has 1 aliphatic rings. The molecule has 0 saturated heterocycles. The Morgan fingerprint density at radius 3 is 1.92 bits per heavy atom. The lowest BCUT2D eigenvalue weighted by Crippen LogP contribution is -2.14. The van der Waals surface area contributed by atoms with Crippen LogP contribution in [0, 0.1) is 11.8 Å².